The number of ether oxygens (including phenoxy) is 1. The van der Waals surface area contributed by atoms with Crippen LogP contribution in [0.5, 0.6) is 0 Å². The fourth-order valence-corrected chi connectivity index (χ4v) is 7.14. The monoisotopic (exact) mass is 585 g/mol. The highest BCUT2D eigenvalue weighted by Gasteiger charge is 2.20. The number of benzene rings is 2. The van der Waals surface area contributed by atoms with E-state index in [1.54, 1.807) is 6.33 Å². The van der Waals surface area contributed by atoms with Crippen LogP contribution in [0.1, 0.15) is 54.2 Å². The Morgan fingerprint density at radius 2 is 1.95 bits per heavy atom. The van der Waals surface area contributed by atoms with Gasteiger partial charge in [-0.2, -0.15) is 0 Å². The minimum atomic E-state index is -0.522. The fraction of sp³-hybridized carbons (Fsp3) is 0.321. The largest absolute Gasteiger partial charge is 0.444 e. The lowest BCUT2D eigenvalue weighted by atomic mass is 10.2. The standard InChI is InChI=1S/C28H33ClN5O3PS/c1-17(19-7-5-6-8-20(19)29)38-23-14-24(39-25(23)26(30)35)34-16-33-21-10-9-18(13-22(21)34)15-31-11-12-32-27(36)37-28(2,3)4/h5-10,13-14,16-17,31,38H,11-12,15H2,1-4H3,(H2,30,35)(H,32,36). The van der Waals surface area contributed by atoms with E-state index in [0.29, 0.717) is 33.1 Å². The van der Waals surface area contributed by atoms with Crippen LogP contribution >= 0.6 is 31.5 Å². The highest BCUT2D eigenvalue weighted by atomic mass is 35.5. The first-order valence-corrected chi connectivity index (χ1v) is 14.9. The summed E-state index contributed by atoms with van der Waals surface area (Å²) in [5, 5.41) is 8.60. The predicted molar refractivity (Wildman–Crippen MR) is 161 cm³/mol. The van der Waals surface area contributed by atoms with Crippen molar-refractivity contribution in [3.05, 3.63) is 75.9 Å². The number of nitrogens with two attached hydrogens (primary N) is 1. The molecule has 0 saturated carbocycles. The Bertz CT molecular complexity index is 1480. The van der Waals surface area contributed by atoms with Gasteiger partial charge in [-0.05, 0) is 61.5 Å². The molecule has 0 spiro atoms. The first-order valence-electron chi connectivity index (χ1n) is 12.6. The number of carbonyl (C=O) groups is 2. The second-order valence-corrected chi connectivity index (χ2v) is 13.3. The quantitative estimate of drug-likeness (QED) is 0.168. The average Bonchev–Trinajstić information content (AvgIpc) is 3.46. The van der Waals surface area contributed by atoms with Crippen LogP contribution in [0.3, 0.4) is 0 Å². The summed E-state index contributed by atoms with van der Waals surface area (Å²) in [6.07, 6.45) is 1.34. The number of nitrogens with one attached hydrogen (secondary N) is 2. The van der Waals surface area contributed by atoms with Gasteiger partial charge in [0.1, 0.15) is 21.8 Å². The van der Waals surface area contributed by atoms with Crippen molar-refractivity contribution in [1.82, 2.24) is 20.2 Å². The molecule has 0 aliphatic carbocycles. The number of amides is 2. The van der Waals surface area contributed by atoms with E-state index in [1.165, 1.54) is 11.3 Å². The number of imidazole rings is 1. The molecule has 39 heavy (non-hydrogen) atoms. The smallest absolute Gasteiger partial charge is 0.407 e. The van der Waals surface area contributed by atoms with Crippen molar-refractivity contribution in [2.45, 2.75) is 45.5 Å². The van der Waals surface area contributed by atoms with Crippen LogP contribution in [0.25, 0.3) is 16.0 Å². The summed E-state index contributed by atoms with van der Waals surface area (Å²) >= 11 is 7.79. The van der Waals surface area contributed by atoms with E-state index in [1.807, 2.05) is 67.8 Å². The summed E-state index contributed by atoms with van der Waals surface area (Å²) in [5.74, 6) is -0.436. The van der Waals surface area contributed by atoms with Gasteiger partial charge in [-0.3, -0.25) is 9.36 Å². The number of primary amides is 1. The van der Waals surface area contributed by atoms with E-state index < -0.39 is 17.6 Å². The molecule has 0 bridgehead atoms. The molecule has 206 valence electrons. The van der Waals surface area contributed by atoms with E-state index in [4.69, 9.17) is 22.1 Å². The van der Waals surface area contributed by atoms with Crippen molar-refractivity contribution in [3.63, 3.8) is 0 Å². The summed E-state index contributed by atoms with van der Waals surface area (Å²) < 4.78 is 7.24. The van der Waals surface area contributed by atoms with Crippen molar-refractivity contribution >= 4 is 59.9 Å². The van der Waals surface area contributed by atoms with Gasteiger partial charge in [0, 0.05) is 30.3 Å². The SMILES string of the molecule is CC(Pc1cc(-n2cnc3ccc(CNCCNC(=O)OC(C)(C)C)cc32)sc1C(N)=O)c1ccccc1Cl. The summed E-state index contributed by atoms with van der Waals surface area (Å²) in [4.78, 5) is 29.2. The van der Waals surface area contributed by atoms with Crippen molar-refractivity contribution in [3.8, 4) is 5.00 Å². The first kappa shape index (κ1) is 29.0. The number of hydrogen-bond donors (Lipinski definition) is 3. The van der Waals surface area contributed by atoms with Gasteiger partial charge in [-0.1, -0.05) is 51.4 Å². The van der Waals surface area contributed by atoms with Gasteiger partial charge in [-0.25, -0.2) is 9.78 Å². The van der Waals surface area contributed by atoms with Gasteiger partial charge in [0.15, 0.2) is 0 Å². The summed E-state index contributed by atoms with van der Waals surface area (Å²) in [6, 6.07) is 15.9. The molecule has 4 N–H and O–H groups in total. The van der Waals surface area contributed by atoms with Crippen molar-refractivity contribution in [2.75, 3.05) is 13.1 Å². The molecule has 4 aromatic rings. The Kier molecular flexibility index (Phi) is 9.28. The summed E-state index contributed by atoms with van der Waals surface area (Å²) in [6.45, 7) is 9.28. The van der Waals surface area contributed by atoms with Crippen molar-refractivity contribution in [2.24, 2.45) is 5.73 Å². The molecule has 2 amide bonds. The van der Waals surface area contributed by atoms with Crippen LogP contribution in [0.2, 0.25) is 5.02 Å². The second-order valence-electron chi connectivity index (χ2n) is 10.1. The Morgan fingerprint density at radius 1 is 1.18 bits per heavy atom. The second kappa shape index (κ2) is 12.5. The van der Waals surface area contributed by atoms with E-state index in [-0.39, 0.29) is 5.66 Å². The van der Waals surface area contributed by atoms with Crippen LogP contribution in [0, 0.1) is 0 Å². The highest BCUT2D eigenvalue weighted by molar-refractivity contribution is 7.49. The maximum Gasteiger partial charge on any atom is 0.407 e. The third-order valence-electron chi connectivity index (χ3n) is 5.83. The number of rotatable bonds is 10. The molecule has 0 aliphatic rings. The molecule has 0 aliphatic heterocycles. The third kappa shape index (κ3) is 7.57. The van der Waals surface area contributed by atoms with Gasteiger partial charge in [-0.15, -0.1) is 11.3 Å². The molecule has 2 atom stereocenters. The van der Waals surface area contributed by atoms with Gasteiger partial charge < -0.3 is 21.1 Å². The Labute approximate surface area is 239 Å². The minimum Gasteiger partial charge on any atom is -0.444 e. The lowest BCUT2D eigenvalue weighted by Gasteiger charge is -2.19. The molecule has 2 aromatic heterocycles. The number of thiophene rings is 1. The molecule has 0 fully saturated rings. The fourth-order valence-electron chi connectivity index (χ4n) is 4.06. The van der Waals surface area contributed by atoms with Crippen LogP contribution in [0.4, 0.5) is 4.79 Å². The zero-order valence-electron chi connectivity index (χ0n) is 22.4. The van der Waals surface area contributed by atoms with Gasteiger partial charge in [0.05, 0.1) is 11.0 Å². The number of carbonyl (C=O) groups excluding carboxylic acids is 2. The van der Waals surface area contributed by atoms with Crippen molar-refractivity contribution in [1.29, 1.82) is 0 Å². The maximum absolute atomic E-state index is 12.3. The number of fused-ring (bicyclic) bond motifs is 1. The molecule has 0 saturated heterocycles. The Hall–Kier alpha value is -2.97. The van der Waals surface area contributed by atoms with E-state index in [2.05, 4.69) is 28.6 Å². The van der Waals surface area contributed by atoms with Gasteiger partial charge >= 0.3 is 6.09 Å². The van der Waals surface area contributed by atoms with E-state index in [0.717, 1.165) is 37.5 Å². The average molecular weight is 586 g/mol. The van der Waals surface area contributed by atoms with Crippen LogP contribution in [-0.4, -0.2) is 40.2 Å². The molecule has 2 aromatic carbocycles. The summed E-state index contributed by atoms with van der Waals surface area (Å²) in [7, 11) is 0.330. The minimum absolute atomic E-state index is 0.140. The molecule has 8 nitrogen and oxygen atoms in total. The van der Waals surface area contributed by atoms with Gasteiger partial charge in [0.25, 0.3) is 5.91 Å². The molecule has 2 heterocycles. The van der Waals surface area contributed by atoms with Crippen LogP contribution < -0.4 is 21.7 Å². The number of nitrogens with zero attached hydrogens (tertiary/aromatic N) is 2. The molecular formula is C28H33ClN5O3PS. The zero-order chi connectivity index (χ0) is 28.2. The van der Waals surface area contributed by atoms with Crippen molar-refractivity contribution < 1.29 is 14.3 Å². The number of hydrogen-bond acceptors (Lipinski definition) is 6. The Morgan fingerprint density at radius 3 is 2.67 bits per heavy atom. The van der Waals surface area contributed by atoms with E-state index in [9.17, 15) is 9.59 Å². The molecule has 2 unspecified atom stereocenters. The van der Waals surface area contributed by atoms with Crippen LogP contribution in [0.15, 0.2) is 54.9 Å². The molecular weight excluding hydrogens is 553 g/mol. The third-order valence-corrected chi connectivity index (χ3v) is 8.96. The highest BCUT2D eigenvalue weighted by Crippen LogP contribution is 2.39. The number of aromatic nitrogens is 2. The lowest BCUT2D eigenvalue weighted by molar-refractivity contribution is 0.0528. The number of alkyl carbamates (subject to hydrolysis) is 1. The summed E-state index contributed by atoms with van der Waals surface area (Å²) in [5.41, 5.74) is 9.30. The van der Waals surface area contributed by atoms with E-state index >= 15 is 0 Å². The van der Waals surface area contributed by atoms with Crippen LogP contribution in [-0.2, 0) is 11.3 Å². The Balaban J connectivity index is 1.47. The molecule has 4 rings (SSSR count). The molecule has 0 radical (unpaired) electrons. The topological polar surface area (TPSA) is 111 Å². The molecule has 11 heteroatoms. The normalized spacial score (nSPS) is 12.7. The zero-order valence-corrected chi connectivity index (χ0v) is 24.9. The first-order chi connectivity index (χ1) is 18.5. The predicted octanol–water partition coefficient (Wildman–Crippen LogP) is 5.52. The lowest BCUT2D eigenvalue weighted by Crippen LogP contribution is -2.36. The maximum atomic E-state index is 12.3. The van der Waals surface area contributed by atoms with Gasteiger partial charge in [0.2, 0.25) is 0 Å². The number of halogens is 1.